The molecule has 5 nitrogen and oxygen atoms in total. The summed E-state index contributed by atoms with van der Waals surface area (Å²) in [5, 5.41) is 2.86. The summed E-state index contributed by atoms with van der Waals surface area (Å²) in [6, 6.07) is 9.16. The Labute approximate surface area is 139 Å². The van der Waals surface area contributed by atoms with E-state index in [0.29, 0.717) is 0 Å². The number of hydrogen-bond acceptors (Lipinski definition) is 5. The fourth-order valence-electron chi connectivity index (χ4n) is 1.31. The van der Waals surface area contributed by atoms with Crippen LogP contribution in [-0.4, -0.2) is 25.2 Å². The molecule has 1 N–H and O–H groups in total. The van der Waals surface area contributed by atoms with Crippen molar-refractivity contribution in [1.82, 2.24) is 0 Å². The third-order valence-corrected chi connectivity index (χ3v) is 2.15. The first-order chi connectivity index (χ1) is 11.2. The van der Waals surface area contributed by atoms with Gasteiger partial charge in [-0.05, 0) is 26.0 Å². The fraction of sp³-hybridized carbons (Fsp3) is 0.444. The summed E-state index contributed by atoms with van der Waals surface area (Å²) in [7, 11) is 0. The predicted molar refractivity (Wildman–Crippen MR) is 94.1 cm³/mol. The van der Waals surface area contributed by atoms with Gasteiger partial charge in [-0.25, -0.2) is 9.59 Å². The lowest BCUT2D eigenvalue weighted by atomic mass is 10.3. The first kappa shape index (κ1) is 23.0. The first-order valence-corrected chi connectivity index (χ1v) is 8.05. The molecule has 5 heteroatoms. The highest BCUT2D eigenvalue weighted by Gasteiger charge is 2.20. The second-order valence-electron chi connectivity index (χ2n) is 3.51. The molecule has 0 saturated heterocycles. The van der Waals surface area contributed by atoms with E-state index in [1.165, 1.54) is 6.20 Å². The Morgan fingerprint density at radius 3 is 1.74 bits per heavy atom. The molecule has 0 bridgehead atoms. The average Bonchev–Trinajstić information content (AvgIpc) is 2.60. The van der Waals surface area contributed by atoms with Gasteiger partial charge in [0.15, 0.2) is 5.57 Å². The zero-order valence-corrected chi connectivity index (χ0v) is 15.0. The number of para-hydroxylation sites is 1. The highest BCUT2D eigenvalue weighted by Crippen LogP contribution is 2.08. The second-order valence-corrected chi connectivity index (χ2v) is 3.51. The summed E-state index contributed by atoms with van der Waals surface area (Å²) in [5.41, 5.74) is 0.598. The molecule has 1 aromatic carbocycles. The third kappa shape index (κ3) is 10.1. The van der Waals surface area contributed by atoms with Crippen LogP contribution in [0.5, 0.6) is 0 Å². The Balaban J connectivity index is 0. The normalized spacial score (nSPS) is 8.26. The van der Waals surface area contributed by atoms with Crippen molar-refractivity contribution in [3.8, 4) is 0 Å². The van der Waals surface area contributed by atoms with Crippen molar-refractivity contribution in [2.75, 3.05) is 18.5 Å². The highest BCUT2D eigenvalue weighted by atomic mass is 16.6. The summed E-state index contributed by atoms with van der Waals surface area (Å²) in [4.78, 5) is 23.3. The SMILES string of the molecule is CC.CC.CCOC(=O)C(=CNc1ccccc1)C(=O)OCC. The van der Waals surface area contributed by atoms with Crippen LogP contribution in [0.4, 0.5) is 5.69 Å². The molecule has 0 spiro atoms. The van der Waals surface area contributed by atoms with Crippen molar-refractivity contribution >= 4 is 17.6 Å². The second kappa shape index (κ2) is 16.1. The molecule has 130 valence electrons. The van der Waals surface area contributed by atoms with E-state index in [1.807, 2.05) is 58.0 Å². The number of benzene rings is 1. The Bertz CT molecular complexity index is 435. The standard InChI is InChI=1S/C14H17NO4.2C2H6/c1-3-18-13(16)12(14(17)19-4-2)10-15-11-8-6-5-7-9-11;2*1-2/h5-10,15H,3-4H2,1-2H3;2*1-2H3. The van der Waals surface area contributed by atoms with Crippen molar-refractivity contribution in [3.63, 3.8) is 0 Å². The molecule has 0 aliphatic heterocycles. The van der Waals surface area contributed by atoms with Gasteiger partial charge in [0.1, 0.15) is 0 Å². The summed E-state index contributed by atoms with van der Waals surface area (Å²) in [6.07, 6.45) is 1.30. The molecule has 0 fully saturated rings. The molecule has 1 rings (SSSR count). The summed E-state index contributed by atoms with van der Waals surface area (Å²) < 4.78 is 9.62. The molecule has 0 heterocycles. The number of carbonyl (C=O) groups excluding carboxylic acids is 2. The molecule has 0 unspecified atom stereocenters. The van der Waals surface area contributed by atoms with Gasteiger partial charge in [-0.3, -0.25) is 0 Å². The largest absolute Gasteiger partial charge is 0.462 e. The molecule has 0 saturated carbocycles. The highest BCUT2D eigenvalue weighted by molar-refractivity contribution is 6.14. The van der Waals surface area contributed by atoms with Crippen LogP contribution in [0.3, 0.4) is 0 Å². The van der Waals surface area contributed by atoms with Gasteiger partial charge in [-0.1, -0.05) is 45.9 Å². The summed E-state index contributed by atoms with van der Waals surface area (Å²) in [5.74, 6) is -1.41. The van der Waals surface area contributed by atoms with Crippen LogP contribution < -0.4 is 5.32 Å². The molecule has 23 heavy (non-hydrogen) atoms. The van der Waals surface area contributed by atoms with Crippen molar-refractivity contribution in [2.24, 2.45) is 0 Å². The maximum absolute atomic E-state index is 11.6. The van der Waals surface area contributed by atoms with Gasteiger partial charge in [-0.15, -0.1) is 0 Å². The molecule has 0 amide bonds. The maximum Gasteiger partial charge on any atom is 0.347 e. The lowest BCUT2D eigenvalue weighted by molar-refractivity contribution is -0.146. The van der Waals surface area contributed by atoms with Gasteiger partial charge >= 0.3 is 11.9 Å². The molecule has 1 aromatic rings. The predicted octanol–water partition coefficient (Wildman–Crippen LogP) is 4.16. The lowest BCUT2D eigenvalue weighted by Gasteiger charge is -2.07. The summed E-state index contributed by atoms with van der Waals surface area (Å²) >= 11 is 0. The van der Waals surface area contributed by atoms with E-state index < -0.39 is 11.9 Å². The molecular weight excluding hydrogens is 294 g/mol. The number of hydrogen-bond donors (Lipinski definition) is 1. The van der Waals surface area contributed by atoms with Gasteiger partial charge in [-0.2, -0.15) is 0 Å². The Morgan fingerprint density at radius 1 is 0.913 bits per heavy atom. The zero-order valence-electron chi connectivity index (χ0n) is 15.0. The molecule has 0 aliphatic rings. The van der Waals surface area contributed by atoms with E-state index in [-0.39, 0.29) is 18.8 Å². The van der Waals surface area contributed by atoms with Crippen LogP contribution in [0.1, 0.15) is 41.5 Å². The summed E-state index contributed by atoms with van der Waals surface area (Å²) in [6.45, 7) is 11.7. The van der Waals surface area contributed by atoms with Crippen LogP contribution in [-0.2, 0) is 19.1 Å². The number of rotatable bonds is 6. The molecule has 0 radical (unpaired) electrons. The minimum Gasteiger partial charge on any atom is -0.462 e. The van der Waals surface area contributed by atoms with Crippen molar-refractivity contribution < 1.29 is 19.1 Å². The fourth-order valence-corrected chi connectivity index (χ4v) is 1.31. The number of anilines is 1. The molecule has 0 atom stereocenters. The smallest absolute Gasteiger partial charge is 0.347 e. The van der Waals surface area contributed by atoms with Crippen molar-refractivity contribution in [3.05, 3.63) is 42.1 Å². The van der Waals surface area contributed by atoms with Crippen molar-refractivity contribution in [1.29, 1.82) is 0 Å². The van der Waals surface area contributed by atoms with Crippen LogP contribution in [0, 0.1) is 0 Å². The minimum absolute atomic E-state index is 0.160. The quantitative estimate of drug-likeness (QED) is 0.368. The van der Waals surface area contributed by atoms with Gasteiger partial charge in [0, 0.05) is 11.9 Å². The van der Waals surface area contributed by atoms with Gasteiger partial charge in [0.2, 0.25) is 0 Å². The van der Waals surface area contributed by atoms with Crippen LogP contribution in [0.15, 0.2) is 42.1 Å². The number of nitrogens with one attached hydrogen (secondary N) is 1. The van der Waals surface area contributed by atoms with Crippen LogP contribution in [0.25, 0.3) is 0 Å². The van der Waals surface area contributed by atoms with E-state index in [1.54, 1.807) is 13.8 Å². The topological polar surface area (TPSA) is 64.6 Å². The Kier molecular flexibility index (Phi) is 16.1. The minimum atomic E-state index is -0.704. The lowest BCUT2D eigenvalue weighted by Crippen LogP contribution is -2.19. The van der Waals surface area contributed by atoms with E-state index >= 15 is 0 Å². The number of carbonyl (C=O) groups is 2. The zero-order chi connectivity index (χ0) is 18.1. The van der Waals surface area contributed by atoms with Gasteiger partial charge < -0.3 is 14.8 Å². The Hall–Kier alpha value is -2.30. The van der Waals surface area contributed by atoms with E-state index in [9.17, 15) is 9.59 Å². The third-order valence-electron chi connectivity index (χ3n) is 2.15. The van der Waals surface area contributed by atoms with E-state index in [0.717, 1.165) is 5.69 Å². The molecular formula is C18H29NO4. The van der Waals surface area contributed by atoms with Crippen LogP contribution >= 0.6 is 0 Å². The molecule has 0 aromatic heterocycles. The van der Waals surface area contributed by atoms with Gasteiger partial charge in [0.05, 0.1) is 13.2 Å². The van der Waals surface area contributed by atoms with Crippen LogP contribution in [0.2, 0.25) is 0 Å². The average molecular weight is 323 g/mol. The van der Waals surface area contributed by atoms with Gasteiger partial charge in [0.25, 0.3) is 0 Å². The number of ether oxygens (including phenoxy) is 2. The molecule has 0 aliphatic carbocycles. The van der Waals surface area contributed by atoms with E-state index in [4.69, 9.17) is 9.47 Å². The first-order valence-electron chi connectivity index (χ1n) is 8.05. The van der Waals surface area contributed by atoms with Crippen molar-refractivity contribution in [2.45, 2.75) is 41.5 Å². The monoisotopic (exact) mass is 323 g/mol. The maximum atomic E-state index is 11.6. The van der Waals surface area contributed by atoms with E-state index in [2.05, 4.69) is 5.32 Å². The Morgan fingerprint density at radius 2 is 1.35 bits per heavy atom. The number of esters is 2.